The summed E-state index contributed by atoms with van der Waals surface area (Å²) in [6.07, 6.45) is 0.719. The van der Waals surface area contributed by atoms with Crippen LogP contribution in [0.15, 0.2) is 30.5 Å². The first-order chi connectivity index (χ1) is 17.8. The lowest BCUT2D eigenvalue weighted by Crippen LogP contribution is -2.28. The molecule has 2 heterocycles. The molecule has 3 aromatic rings. The average Bonchev–Trinajstić information content (AvgIpc) is 3.09. The molecule has 0 atom stereocenters. The van der Waals surface area contributed by atoms with Crippen LogP contribution in [-0.4, -0.2) is 40.6 Å². The molecule has 0 aliphatic carbocycles. The lowest BCUT2D eigenvalue weighted by atomic mass is 9.87. The van der Waals surface area contributed by atoms with Gasteiger partial charge in [-0.3, -0.25) is 10.1 Å². The highest BCUT2D eigenvalue weighted by Crippen LogP contribution is 2.46. The van der Waals surface area contributed by atoms with Gasteiger partial charge in [0.25, 0.3) is 0 Å². The molecule has 2 aromatic carbocycles. The van der Waals surface area contributed by atoms with Crippen LogP contribution in [0.4, 0.5) is 42.0 Å². The largest absolute Gasteiger partial charge is 0.494 e. The lowest BCUT2D eigenvalue weighted by Gasteiger charge is -2.24. The third kappa shape index (κ3) is 4.91. The number of halogens is 3. The highest BCUT2D eigenvalue weighted by atomic mass is 19.2. The number of carbonyl (C=O) groups excluding carboxylic acids is 1. The van der Waals surface area contributed by atoms with E-state index in [-0.39, 0.29) is 35.3 Å². The summed E-state index contributed by atoms with van der Waals surface area (Å²) in [5.74, 6) is -4.09. The molecule has 1 aromatic heterocycles. The van der Waals surface area contributed by atoms with Crippen molar-refractivity contribution in [2.24, 2.45) is 0 Å². The Bertz CT molecular complexity index is 1450. The minimum absolute atomic E-state index is 0.0145. The third-order valence-electron chi connectivity index (χ3n) is 5.91. The van der Waals surface area contributed by atoms with Crippen LogP contribution in [0.2, 0.25) is 0 Å². The zero-order valence-corrected chi connectivity index (χ0v) is 21.1. The Morgan fingerprint density at radius 1 is 1.16 bits per heavy atom. The molecule has 0 fully saturated rings. The zero-order chi connectivity index (χ0) is 27.9. The average molecular weight is 531 g/mol. The fourth-order valence-electron chi connectivity index (χ4n) is 4.19. The summed E-state index contributed by atoms with van der Waals surface area (Å²) in [5.41, 5.74) is -0.717. The first-order valence-electron chi connectivity index (χ1n) is 11.5. The molecule has 1 N–H and O–H groups in total. The highest BCUT2D eigenvalue weighted by molar-refractivity contribution is 5.96. The molecule has 38 heavy (non-hydrogen) atoms. The number of nitrogens with zero attached hydrogens (tertiary/aromatic N) is 4. The van der Waals surface area contributed by atoms with E-state index in [1.807, 2.05) is 13.8 Å². The Balaban J connectivity index is 1.86. The molecule has 1 aliphatic rings. The van der Waals surface area contributed by atoms with E-state index < -0.39 is 45.6 Å². The first-order valence-corrected chi connectivity index (χ1v) is 11.5. The van der Waals surface area contributed by atoms with E-state index in [1.165, 1.54) is 13.3 Å². The van der Waals surface area contributed by atoms with E-state index >= 15 is 0 Å². The van der Waals surface area contributed by atoms with Crippen LogP contribution < -0.4 is 15.0 Å². The Kier molecular flexibility index (Phi) is 6.87. The number of benzene rings is 2. The van der Waals surface area contributed by atoms with Gasteiger partial charge in [0.15, 0.2) is 17.5 Å². The number of nitro groups is 1. The third-order valence-corrected chi connectivity index (χ3v) is 5.91. The molecule has 0 saturated carbocycles. The second kappa shape index (κ2) is 9.80. The molecule has 13 heteroatoms. The van der Waals surface area contributed by atoms with Crippen LogP contribution in [0.1, 0.15) is 43.6 Å². The number of carbonyl (C=O) groups is 1. The van der Waals surface area contributed by atoms with Crippen molar-refractivity contribution in [3.8, 4) is 5.75 Å². The highest BCUT2D eigenvalue weighted by Gasteiger charge is 2.39. The fourth-order valence-corrected chi connectivity index (χ4v) is 4.19. The molecule has 0 unspecified atom stereocenters. The molecular formula is C25H24F3N5O5. The predicted octanol–water partition coefficient (Wildman–Crippen LogP) is 5.55. The van der Waals surface area contributed by atoms with Gasteiger partial charge in [0.2, 0.25) is 11.8 Å². The minimum atomic E-state index is -1.10. The standard InChI is InChI=1S/C25H24F3N5O5/c1-12(2)38-23(34)13-10-29-24(30-18-9-20(33(35)36)17(28)8-21(18)37-5)31-22(13)32-11-25(3,4)14-6-15(26)16(27)7-19(14)32/h6-10,12H,11H2,1-5H3,(H,29,30,31). The lowest BCUT2D eigenvalue weighted by molar-refractivity contribution is -0.387. The van der Waals surface area contributed by atoms with Gasteiger partial charge in [0, 0.05) is 42.0 Å². The summed E-state index contributed by atoms with van der Waals surface area (Å²) in [5, 5.41) is 14.0. The van der Waals surface area contributed by atoms with E-state index in [0.29, 0.717) is 11.3 Å². The summed E-state index contributed by atoms with van der Waals surface area (Å²) in [4.78, 5) is 33.4. The molecule has 0 saturated heterocycles. The molecule has 1 aliphatic heterocycles. The number of aromatic nitrogens is 2. The van der Waals surface area contributed by atoms with Crippen molar-refractivity contribution < 1.29 is 32.4 Å². The van der Waals surface area contributed by atoms with Gasteiger partial charge in [-0.05, 0) is 25.5 Å². The van der Waals surface area contributed by atoms with Crippen molar-refractivity contribution in [1.29, 1.82) is 0 Å². The zero-order valence-electron chi connectivity index (χ0n) is 21.1. The van der Waals surface area contributed by atoms with Crippen LogP contribution in [-0.2, 0) is 10.2 Å². The number of rotatable bonds is 7. The van der Waals surface area contributed by atoms with Gasteiger partial charge < -0.3 is 19.7 Å². The van der Waals surface area contributed by atoms with Crippen molar-refractivity contribution in [3.05, 3.63) is 69.2 Å². The van der Waals surface area contributed by atoms with Gasteiger partial charge in [0.05, 0.1) is 23.8 Å². The van der Waals surface area contributed by atoms with Gasteiger partial charge >= 0.3 is 11.7 Å². The van der Waals surface area contributed by atoms with Gasteiger partial charge in [-0.1, -0.05) is 13.8 Å². The maximum Gasteiger partial charge on any atom is 0.343 e. The number of nitrogens with one attached hydrogen (secondary N) is 1. The van der Waals surface area contributed by atoms with E-state index in [4.69, 9.17) is 9.47 Å². The first kappa shape index (κ1) is 26.6. The van der Waals surface area contributed by atoms with E-state index in [2.05, 4.69) is 15.3 Å². The van der Waals surface area contributed by atoms with Gasteiger partial charge in [0.1, 0.15) is 11.3 Å². The number of fused-ring (bicyclic) bond motifs is 1. The molecule has 0 bridgehead atoms. The molecule has 0 amide bonds. The number of anilines is 4. The van der Waals surface area contributed by atoms with Crippen LogP contribution >= 0.6 is 0 Å². The summed E-state index contributed by atoms with van der Waals surface area (Å²) in [7, 11) is 1.25. The summed E-state index contributed by atoms with van der Waals surface area (Å²) in [6.45, 7) is 7.19. The van der Waals surface area contributed by atoms with E-state index in [9.17, 15) is 28.1 Å². The van der Waals surface area contributed by atoms with Crippen molar-refractivity contribution >= 4 is 34.8 Å². The normalized spacial score (nSPS) is 13.9. The van der Waals surface area contributed by atoms with E-state index in [1.54, 1.807) is 18.7 Å². The van der Waals surface area contributed by atoms with Gasteiger partial charge in [-0.2, -0.15) is 9.37 Å². The summed E-state index contributed by atoms with van der Waals surface area (Å²) < 4.78 is 53.0. The molecule has 0 spiro atoms. The SMILES string of the molecule is COc1cc(F)c([N+](=O)[O-])cc1Nc1ncc(C(=O)OC(C)C)c(N2CC(C)(C)c3cc(F)c(F)cc32)n1. The maximum absolute atomic E-state index is 14.3. The number of ether oxygens (including phenoxy) is 2. The number of esters is 1. The second-order valence-corrected chi connectivity index (χ2v) is 9.52. The Morgan fingerprint density at radius 2 is 1.84 bits per heavy atom. The molecule has 4 rings (SSSR count). The Labute approximate surface area is 215 Å². The fraction of sp³-hybridized carbons (Fsp3) is 0.320. The Hall–Kier alpha value is -4.42. The quantitative estimate of drug-likeness (QED) is 0.238. The molecule has 10 nitrogen and oxygen atoms in total. The monoisotopic (exact) mass is 531 g/mol. The van der Waals surface area contributed by atoms with Gasteiger partial charge in [-0.25, -0.2) is 18.6 Å². The Morgan fingerprint density at radius 3 is 2.47 bits per heavy atom. The van der Waals surface area contributed by atoms with Crippen LogP contribution in [0.25, 0.3) is 0 Å². The van der Waals surface area contributed by atoms with Crippen molar-refractivity contribution in [1.82, 2.24) is 9.97 Å². The van der Waals surface area contributed by atoms with Crippen LogP contribution in [0.5, 0.6) is 5.75 Å². The molecular weight excluding hydrogens is 507 g/mol. The number of hydrogen-bond donors (Lipinski definition) is 1. The number of hydrogen-bond acceptors (Lipinski definition) is 9. The number of nitro benzene ring substituents is 1. The second-order valence-electron chi connectivity index (χ2n) is 9.52. The number of methoxy groups -OCH3 is 1. The van der Waals surface area contributed by atoms with Crippen molar-refractivity contribution in [2.45, 2.75) is 39.2 Å². The summed E-state index contributed by atoms with van der Waals surface area (Å²) >= 11 is 0. The molecule has 0 radical (unpaired) electrons. The van der Waals surface area contributed by atoms with E-state index in [0.717, 1.165) is 24.3 Å². The van der Waals surface area contributed by atoms with Crippen molar-refractivity contribution in [3.63, 3.8) is 0 Å². The van der Waals surface area contributed by atoms with Crippen LogP contribution in [0.3, 0.4) is 0 Å². The van der Waals surface area contributed by atoms with Crippen molar-refractivity contribution in [2.75, 3.05) is 23.9 Å². The van der Waals surface area contributed by atoms with Crippen LogP contribution in [0, 0.1) is 27.6 Å². The minimum Gasteiger partial charge on any atom is -0.494 e. The maximum atomic E-state index is 14.3. The summed E-state index contributed by atoms with van der Waals surface area (Å²) in [6, 6.07) is 3.90. The molecule has 200 valence electrons. The van der Waals surface area contributed by atoms with Gasteiger partial charge in [-0.15, -0.1) is 0 Å². The predicted molar refractivity (Wildman–Crippen MR) is 132 cm³/mol. The topological polar surface area (TPSA) is 120 Å². The smallest absolute Gasteiger partial charge is 0.343 e.